The molecule has 0 amide bonds. The van der Waals surface area contributed by atoms with Crippen LogP contribution in [0, 0.1) is 5.92 Å². The zero-order chi connectivity index (χ0) is 11.4. The average Bonchev–Trinajstić information content (AvgIpc) is 2.63. The second-order valence-electron chi connectivity index (χ2n) is 4.65. The molecule has 1 aromatic heterocycles. The summed E-state index contributed by atoms with van der Waals surface area (Å²) in [6.07, 6.45) is 9.56. The van der Waals surface area contributed by atoms with Crippen LogP contribution in [0.15, 0.2) is 15.9 Å². The van der Waals surface area contributed by atoms with Crippen molar-refractivity contribution in [1.82, 2.24) is 0 Å². The lowest BCUT2D eigenvalue weighted by Crippen LogP contribution is -2.09. The molecule has 0 saturated heterocycles. The lowest BCUT2D eigenvalue weighted by atomic mass is 9.88. The fraction of sp³-hybridized carbons (Fsp3) is 0.692. The smallest absolute Gasteiger partial charge is 0.0707 e. The summed E-state index contributed by atoms with van der Waals surface area (Å²) in [6, 6.07) is 4.28. The number of thiophene rings is 1. The van der Waals surface area contributed by atoms with Gasteiger partial charge in [-0.15, -0.1) is 22.9 Å². The zero-order valence-electron chi connectivity index (χ0n) is 9.42. The van der Waals surface area contributed by atoms with Crippen LogP contribution in [0.3, 0.4) is 0 Å². The van der Waals surface area contributed by atoms with E-state index in [4.69, 9.17) is 11.6 Å². The van der Waals surface area contributed by atoms with E-state index in [9.17, 15) is 0 Å². The van der Waals surface area contributed by atoms with Gasteiger partial charge in [-0.05, 0) is 46.8 Å². The maximum atomic E-state index is 6.61. The van der Waals surface area contributed by atoms with Crippen molar-refractivity contribution >= 4 is 38.9 Å². The highest BCUT2D eigenvalue weighted by Crippen LogP contribution is 2.40. The molecule has 3 heteroatoms. The molecule has 1 atom stereocenters. The Morgan fingerprint density at radius 3 is 2.31 bits per heavy atom. The molecule has 0 spiro atoms. The van der Waals surface area contributed by atoms with Crippen LogP contribution in [0.2, 0.25) is 0 Å². The van der Waals surface area contributed by atoms with Crippen molar-refractivity contribution in [3.63, 3.8) is 0 Å². The third kappa shape index (κ3) is 3.48. The molecular formula is C13H18BrClS. The van der Waals surface area contributed by atoms with Gasteiger partial charge in [0, 0.05) is 4.88 Å². The topological polar surface area (TPSA) is 0 Å². The molecule has 0 bridgehead atoms. The Morgan fingerprint density at radius 2 is 1.75 bits per heavy atom. The third-order valence-electron chi connectivity index (χ3n) is 3.43. The first kappa shape index (κ1) is 12.9. The first-order chi connectivity index (χ1) is 7.77. The largest absolute Gasteiger partial charge is 0.132 e. The van der Waals surface area contributed by atoms with Crippen LogP contribution in [0.1, 0.15) is 55.2 Å². The molecule has 1 fully saturated rings. The van der Waals surface area contributed by atoms with Gasteiger partial charge in [0.25, 0.3) is 0 Å². The Bertz CT molecular complexity index is 315. The number of hydrogen-bond acceptors (Lipinski definition) is 1. The molecular weight excluding hydrogens is 304 g/mol. The van der Waals surface area contributed by atoms with E-state index in [1.807, 2.05) is 0 Å². The lowest BCUT2D eigenvalue weighted by Gasteiger charge is -2.23. The van der Waals surface area contributed by atoms with Crippen molar-refractivity contribution in [1.29, 1.82) is 0 Å². The molecule has 0 nitrogen and oxygen atoms in total. The van der Waals surface area contributed by atoms with E-state index < -0.39 is 0 Å². The first-order valence-electron chi connectivity index (χ1n) is 6.16. The van der Waals surface area contributed by atoms with Gasteiger partial charge in [0.05, 0.1) is 9.16 Å². The van der Waals surface area contributed by atoms with Crippen LogP contribution in [-0.2, 0) is 0 Å². The summed E-state index contributed by atoms with van der Waals surface area (Å²) < 4.78 is 1.19. The highest BCUT2D eigenvalue weighted by atomic mass is 79.9. The van der Waals surface area contributed by atoms with Crippen molar-refractivity contribution in [2.45, 2.75) is 50.3 Å². The van der Waals surface area contributed by atoms with Crippen molar-refractivity contribution in [3.05, 3.63) is 20.8 Å². The van der Waals surface area contributed by atoms with Gasteiger partial charge in [0.2, 0.25) is 0 Å². The van der Waals surface area contributed by atoms with Gasteiger partial charge in [-0.1, -0.05) is 32.1 Å². The monoisotopic (exact) mass is 320 g/mol. The molecule has 0 N–H and O–H groups in total. The molecule has 90 valence electrons. The molecule has 1 heterocycles. The minimum atomic E-state index is 0.231. The highest BCUT2D eigenvalue weighted by molar-refractivity contribution is 9.11. The standard InChI is InChI=1S/C13H18BrClS/c14-12-9-8-11(16-12)13(15)10-6-4-2-1-3-5-7-10/h8-10,13H,1-7H2. The van der Waals surface area contributed by atoms with E-state index >= 15 is 0 Å². The van der Waals surface area contributed by atoms with Crippen LogP contribution < -0.4 is 0 Å². The second kappa shape index (κ2) is 6.42. The second-order valence-corrected chi connectivity index (χ2v) is 7.61. The van der Waals surface area contributed by atoms with Gasteiger partial charge < -0.3 is 0 Å². The van der Waals surface area contributed by atoms with E-state index in [1.165, 1.54) is 53.6 Å². The summed E-state index contributed by atoms with van der Waals surface area (Å²) in [6.45, 7) is 0. The average molecular weight is 322 g/mol. The molecule has 0 aliphatic heterocycles. The number of hydrogen-bond donors (Lipinski definition) is 0. The molecule has 1 aliphatic rings. The lowest BCUT2D eigenvalue weighted by molar-refractivity contribution is 0.370. The van der Waals surface area contributed by atoms with Gasteiger partial charge in [-0.25, -0.2) is 0 Å². The Balaban J connectivity index is 1.98. The minimum absolute atomic E-state index is 0.231. The van der Waals surface area contributed by atoms with E-state index in [0.717, 1.165) is 0 Å². The summed E-state index contributed by atoms with van der Waals surface area (Å²) in [5, 5.41) is 0.231. The zero-order valence-corrected chi connectivity index (χ0v) is 12.6. The molecule has 0 radical (unpaired) electrons. The molecule has 1 aliphatic carbocycles. The maximum Gasteiger partial charge on any atom is 0.0707 e. The van der Waals surface area contributed by atoms with Crippen LogP contribution in [0.25, 0.3) is 0 Å². The summed E-state index contributed by atoms with van der Waals surface area (Å²) in [7, 11) is 0. The quantitative estimate of drug-likeness (QED) is 0.573. The van der Waals surface area contributed by atoms with Gasteiger partial charge >= 0.3 is 0 Å². The number of rotatable bonds is 2. The fourth-order valence-corrected chi connectivity index (χ4v) is 4.44. The molecule has 0 aromatic carbocycles. The predicted octanol–water partition coefficient (Wildman–Crippen LogP) is 6.15. The van der Waals surface area contributed by atoms with Crippen molar-refractivity contribution in [2.75, 3.05) is 0 Å². The SMILES string of the molecule is ClC(c1ccc(Br)s1)C1CCCCCCC1. The Hall–Kier alpha value is 0.470. The molecule has 2 rings (SSSR count). The minimum Gasteiger partial charge on any atom is -0.132 e. The van der Waals surface area contributed by atoms with E-state index in [2.05, 4.69) is 28.1 Å². The first-order valence-corrected chi connectivity index (χ1v) is 8.21. The normalized spacial score (nSPS) is 21.4. The molecule has 1 aromatic rings. The van der Waals surface area contributed by atoms with E-state index in [0.29, 0.717) is 5.92 Å². The Kier molecular flexibility index (Phi) is 5.18. The highest BCUT2D eigenvalue weighted by Gasteiger charge is 2.22. The van der Waals surface area contributed by atoms with E-state index in [1.54, 1.807) is 11.3 Å². The van der Waals surface area contributed by atoms with Crippen LogP contribution in [0.5, 0.6) is 0 Å². The van der Waals surface area contributed by atoms with Gasteiger partial charge in [0.15, 0.2) is 0 Å². The number of alkyl halides is 1. The Labute approximate surface area is 116 Å². The Morgan fingerprint density at radius 1 is 1.12 bits per heavy atom. The third-order valence-corrected chi connectivity index (χ3v) is 5.86. The van der Waals surface area contributed by atoms with Crippen molar-refractivity contribution < 1.29 is 0 Å². The van der Waals surface area contributed by atoms with Crippen molar-refractivity contribution in [3.8, 4) is 0 Å². The fourth-order valence-electron chi connectivity index (χ4n) is 2.49. The summed E-state index contributed by atoms with van der Waals surface area (Å²) >= 11 is 11.9. The summed E-state index contributed by atoms with van der Waals surface area (Å²) in [5.41, 5.74) is 0. The molecule has 16 heavy (non-hydrogen) atoms. The predicted molar refractivity (Wildman–Crippen MR) is 76.4 cm³/mol. The van der Waals surface area contributed by atoms with Crippen LogP contribution in [-0.4, -0.2) is 0 Å². The molecule has 1 unspecified atom stereocenters. The van der Waals surface area contributed by atoms with Crippen LogP contribution >= 0.6 is 38.9 Å². The van der Waals surface area contributed by atoms with Gasteiger partial charge in [-0.2, -0.15) is 0 Å². The van der Waals surface area contributed by atoms with Crippen molar-refractivity contribution in [2.24, 2.45) is 5.92 Å². The summed E-state index contributed by atoms with van der Waals surface area (Å²) in [4.78, 5) is 1.33. The number of halogens is 2. The van der Waals surface area contributed by atoms with E-state index in [-0.39, 0.29) is 5.38 Å². The summed E-state index contributed by atoms with van der Waals surface area (Å²) in [5.74, 6) is 0.688. The maximum absolute atomic E-state index is 6.61. The molecule has 1 saturated carbocycles. The van der Waals surface area contributed by atoms with Crippen LogP contribution in [0.4, 0.5) is 0 Å². The van der Waals surface area contributed by atoms with Gasteiger partial charge in [0.1, 0.15) is 0 Å². The van der Waals surface area contributed by atoms with Gasteiger partial charge in [-0.3, -0.25) is 0 Å².